The topological polar surface area (TPSA) is 85.2 Å². The zero-order valence-corrected chi connectivity index (χ0v) is 15.0. The number of hydrogen-bond donors (Lipinski definition) is 1. The Morgan fingerprint density at radius 1 is 1.36 bits per heavy atom. The molecule has 1 aliphatic heterocycles. The van der Waals surface area contributed by atoms with Crippen LogP contribution in [0.5, 0.6) is 0 Å². The highest BCUT2D eigenvalue weighted by Gasteiger charge is 2.40. The summed E-state index contributed by atoms with van der Waals surface area (Å²) in [6.07, 6.45) is 7.31. The summed E-state index contributed by atoms with van der Waals surface area (Å²) in [5.74, 6) is 0.708. The normalized spacial score (nSPS) is 20.3. The van der Waals surface area contributed by atoms with Gasteiger partial charge in [0.25, 0.3) is 0 Å². The Morgan fingerprint density at radius 3 is 2.76 bits per heavy atom. The molecule has 0 bridgehead atoms. The van der Waals surface area contributed by atoms with E-state index in [9.17, 15) is 4.79 Å². The maximum atomic E-state index is 12.5. The van der Waals surface area contributed by atoms with Crippen LogP contribution in [-0.2, 0) is 16.6 Å². The van der Waals surface area contributed by atoms with E-state index in [-0.39, 0.29) is 17.9 Å². The highest BCUT2D eigenvalue weighted by Crippen LogP contribution is 2.37. The third-order valence-electron chi connectivity index (χ3n) is 4.28. The summed E-state index contributed by atoms with van der Waals surface area (Å²) in [4.78, 5) is 22.7. The van der Waals surface area contributed by atoms with Crippen LogP contribution in [0.25, 0.3) is 0 Å². The van der Waals surface area contributed by atoms with Crippen molar-refractivity contribution in [2.75, 3.05) is 32.1 Å². The largest absolute Gasteiger partial charge is 0.383 e. The third-order valence-corrected chi connectivity index (χ3v) is 4.48. The molecule has 1 N–H and O–H groups in total. The van der Waals surface area contributed by atoms with Crippen molar-refractivity contribution in [2.24, 2.45) is 13.0 Å². The molecule has 25 heavy (non-hydrogen) atoms. The summed E-state index contributed by atoms with van der Waals surface area (Å²) >= 11 is 5.81. The first kappa shape index (κ1) is 17.6. The quantitative estimate of drug-likeness (QED) is 0.801. The smallest absolute Gasteiger partial charge is 0.223 e. The van der Waals surface area contributed by atoms with Crippen molar-refractivity contribution in [2.45, 2.75) is 12.5 Å². The predicted molar refractivity (Wildman–Crippen MR) is 93.2 cm³/mol. The fourth-order valence-corrected chi connectivity index (χ4v) is 3.27. The number of halogens is 1. The number of anilines is 1. The molecule has 3 heterocycles. The average Bonchev–Trinajstić information content (AvgIpc) is 3.15. The van der Waals surface area contributed by atoms with Gasteiger partial charge in [0.15, 0.2) is 0 Å². The Bertz CT molecular complexity index is 720. The fraction of sp³-hybridized carbons (Fsp3) is 0.500. The van der Waals surface area contributed by atoms with E-state index in [1.165, 1.54) is 0 Å². The number of rotatable bonds is 7. The van der Waals surface area contributed by atoms with Crippen molar-refractivity contribution in [1.82, 2.24) is 24.6 Å². The van der Waals surface area contributed by atoms with Gasteiger partial charge in [-0.25, -0.2) is 9.97 Å². The maximum absolute atomic E-state index is 12.5. The number of nitrogens with zero attached hydrogens (tertiary/aromatic N) is 5. The SMILES string of the molecule is COCCN1C(=O)C[C@@H](CNc2ncc(Cl)cn2)[C@@H]1c1cnn(C)c1. The van der Waals surface area contributed by atoms with Crippen molar-refractivity contribution in [3.8, 4) is 0 Å². The van der Waals surface area contributed by atoms with Gasteiger partial charge in [0.1, 0.15) is 0 Å². The van der Waals surface area contributed by atoms with Gasteiger partial charge in [0, 0.05) is 51.3 Å². The third kappa shape index (κ3) is 4.08. The van der Waals surface area contributed by atoms with Crippen molar-refractivity contribution in [1.29, 1.82) is 0 Å². The summed E-state index contributed by atoms with van der Waals surface area (Å²) in [7, 11) is 3.51. The Morgan fingerprint density at radius 2 is 2.12 bits per heavy atom. The second-order valence-corrected chi connectivity index (χ2v) is 6.48. The van der Waals surface area contributed by atoms with Gasteiger partial charge >= 0.3 is 0 Å². The Labute approximate surface area is 151 Å². The molecule has 9 heteroatoms. The van der Waals surface area contributed by atoms with Gasteiger partial charge in [-0.3, -0.25) is 9.48 Å². The lowest BCUT2D eigenvalue weighted by Crippen LogP contribution is -2.33. The summed E-state index contributed by atoms with van der Waals surface area (Å²) in [6.45, 7) is 1.64. The number of carbonyl (C=O) groups excluding carboxylic acids is 1. The van der Waals surface area contributed by atoms with E-state index in [4.69, 9.17) is 16.3 Å². The monoisotopic (exact) mass is 364 g/mol. The molecule has 0 spiro atoms. The van der Waals surface area contributed by atoms with Crippen LogP contribution in [-0.4, -0.2) is 57.4 Å². The zero-order chi connectivity index (χ0) is 17.8. The lowest BCUT2D eigenvalue weighted by atomic mass is 9.95. The molecule has 134 valence electrons. The standard InChI is InChI=1S/C16H21ClN6O2/c1-22-10-12(7-21-22)15-11(5-14(24)23(15)3-4-25-2)6-18-16-19-8-13(17)9-20-16/h7-11,15H,3-6H2,1-2H3,(H,18,19,20)/t11-,15+/m0/s1. The molecule has 1 saturated heterocycles. The van der Waals surface area contributed by atoms with E-state index >= 15 is 0 Å². The molecular formula is C16H21ClN6O2. The van der Waals surface area contributed by atoms with Crippen LogP contribution >= 0.6 is 11.6 Å². The summed E-state index contributed by atoms with van der Waals surface area (Å²) in [6, 6.07) is -0.0452. The average molecular weight is 365 g/mol. The van der Waals surface area contributed by atoms with Crippen LogP contribution in [0.15, 0.2) is 24.8 Å². The number of nitrogens with one attached hydrogen (secondary N) is 1. The molecule has 8 nitrogen and oxygen atoms in total. The van der Waals surface area contributed by atoms with E-state index in [0.29, 0.717) is 37.1 Å². The van der Waals surface area contributed by atoms with E-state index in [1.54, 1.807) is 24.2 Å². The first-order chi connectivity index (χ1) is 12.1. The molecule has 2 atom stereocenters. The number of aryl methyl sites for hydroxylation is 1. The molecule has 0 aliphatic carbocycles. The lowest BCUT2D eigenvalue weighted by molar-refractivity contribution is -0.129. The zero-order valence-electron chi connectivity index (χ0n) is 14.2. The Balaban J connectivity index is 1.75. The first-order valence-corrected chi connectivity index (χ1v) is 8.44. The van der Waals surface area contributed by atoms with Crippen molar-refractivity contribution >= 4 is 23.5 Å². The van der Waals surface area contributed by atoms with Crippen LogP contribution < -0.4 is 5.32 Å². The molecule has 0 aromatic carbocycles. The van der Waals surface area contributed by atoms with Gasteiger partial charge in [-0.2, -0.15) is 5.10 Å². The van der Waals surface area contributed by atoms with Gasteiger partial charge < -0.3 is 15.0 Å². The van der Waals surface area contributed by atoms with Crippen LogP contribution in [0.4, 0.5) is 5.95 Å². The minimum atomic E-state index is -0.0452. The highest BCUT2D eigenvalue weighted by atomic mass is 35.5. The number of carbonyl (C=O) groups is 1. The molecule has 1 amide bonds. The number of hydrogen-bond acceptors (Lipinski definition) is 6. The van der Waals surface area contributed by atoms with E-state index in [1.807, 2.05) is 24.3 Å². The van der Waals surface area contributed by atoms with Gasteiger partial charge in [-0.1, -0.05) is 11.6 Å². The summed E-state index contributed by atoms with van der Waals surface area (Å²) in [5.41, 5.74) is 1.02. The molecule has 1 fully saturated rings. The van der Waals surface area contributed by atoms with Crippen molar-refractivity contribution < 1.29 is 9.53 Å². The van der Waals surface area contributed by atoms with E-state index in [2.05, 4.69) is 20.4 Å². The number of aromatic nitrogens is 4. The molecule has 1 aliphatic rings. The number of amides is 1. The molecule has 2 aromatic heterocycles. The van der Waals surface area contributed by atoms with E-state index < -0.39 is 0 Å². The predicted octanol–water partition coefficient (Wildman–Crippen LogP) is 1.51. The lowest BCUT2D eigenvalue weighted by Gasteiger charge is -2.27. The number of likely N-dealkylation sites (tertiary alicyclic amines) is 1. The molecule has 0 unspecified atom stereocenters. The summed E-state index contributed by atoms with van der Waals surface area (Å²) < 4.78 is 6.90. The van der Waals surface area contributed by atoms with Gasteiger partial charge in [0.2, 0.25) is 11.9 Å². The van der Waals surface area contributed by atoms with Crippen LogP contribution in [0, 0.1) is 5.92 Å². The second-order valence-electron chi connectivity index (χ2n) is 6.04. The van der Waals surface area contributed by atoms with Crippen molar-refractivity contribution in [3.05, 3.63) is 35.4 Å². The fourth-order valence-electron chi connectivity index (χ4n) is 3.17. The highest BCUT2D eigenvalue weighted by molar-refractivity contribution is 6.30. The van der Waals surface area contributed by atoms with Crippen molar-refractivity contribution in [3.63, 3.8) is 0 Å². The Hall–Kier alpha value is -2.19. The minimum Gasteiger partial charge on any atom is -0.383 e. The maximum Gasteiger partial charge on any atom is 0.223 e. The molecule has 3 rings (SSSR count). The minimum absolute atomic E-state index is 0.0452. The molecule has 0 radical (unpaired) electrons. The van der Waals surface area contributed by atoms with Crippen LogP contribution in [0.2, 0.25) is 5.02 Å². The molecule has 2 aromatic rings. The van der Waals surface area contributed by atoms with E-state index in [0.717, 1.165) is 5.56 Å². The van der Waals surface area contributed by atoms with Gasteiger partial charge in [0.05, 0.1) is 36.3 Å². The first-order valence-electron chi connectivity index (χ1n) is 8.07. The second kappa shape index (κ2) is 7.79. The molecular weight excluding hydrogens is 344 g/mol. The van der Waals surface area contributed by atoms with Gasteiger partial charge in [-0.05, 0) is 0 Å². The van der Waals surface area contributed by atoms with Gasteiger partial charge in [-0.15, -0.1) is 0 Å². The van der Waals surface area contributed by atoms with Crippen LogP contribution in [0.3, 0.4) is 0 Å². The summed E-state index contributed by atoms with van der Waals surface area (Å²) in [5, 5.41) is 7.94. The number of ether oxygens (including phenoxy) is 1. The Kier molecular flexibility index (Phi) is 5.50. The molecule has 0 saturated carbocycles. The van der Waals surface area contributed by atoms with Crippen LogP contribution in [0.1, 0.15) is 18.0 Å². The number of methoxy groups -OCH3 is 1.